The lowest BCUT2D eigenvalue weighted by Gasteiger charge is -2.16. The van der Waals surface area contributed by atoms with Crippen LogP contribution in [0.25, 0.3) is 0 Å². The molecule has 0 aliphatic rings. The summed E-state index contributed by atoms with van der Waals surface area (Å²) >= 11 is 13.2. The Morgan fingerprint density at radius 3 is 2.81 bits per heavy atom. The molecule has 16 heavy (non-hydrogen) atoms. The van der Waals surface area contributed by atoms with Crippen molar-refractivity contribution >= 4 is 50.2 Å². The molecule has 0 amide bonds. The van der Waals surface area contributed by atoms with Crippen molar-refractivity contribution in [1.29, 1.82) is 0 Å². The molecule has 0 bridgehead atoms. The minimum absolute atomic E-state index is 0.193. The van der Waals surface area contributed by atoms with Crippen LogP contribution in [0.4, 0.5) is 0 Å². The summed E-state index contributed by atoms with van der Waals surface area (Å²) in [5.41, 5.74) is 1.26. The summed E-state index contributed by atoms with van der Waals surface area (Å²) in [5, 5.41) is 10.6. The molecule has 5 heteroatoms. The van der Waals surface area contributed by atoms with Crippen LogP contribution in [0, 0.1) is 0 Å². The summed E-state index contributed by atoms with van der Waals surface area (Å²) in [6, 6.07) is 2.14. The second kappa shape index (κ2) is 5.65. The molecule has 2 rings (SSSR count). The lowest BCUT2D eigenvalue weighted by Crippen LogP contribution is -2.21. The number of rotatable bonds is 4. The Morgan fingerprint density at radius 1 is 1.50 bits per heavy atom. The smallest absolute Gasteiger partial charge is 0.0705 e. The van der Waals surface area contributed by atoms with Crippen LogP contribution < -0.4 is 5.32 Å². The molecule has 0 saturated carbocycles. The van der Waals surface area contributed by atoms with Gasteiger partial charge < -0.3 is 5.32 Å². The molecule has 1 atom stereocenters. The third-order valence-electron chi connectivity index (χ3n) is 2.27. The van der Waals surface area contributed by atoms with Gasteiger partial charge in [0.05, 0.1) is 11.1 Å². The summed E-state index contributed by atoms with van der Waals surface area (Å²) in [7, 11) is 0. The van der Waals surface area contributed by atoms with Gasteiger partial charge in [0.2, 0.25) is 0 Å². The molecule has 0 saturated heterocycles. The Morgan fingerprint density at radius 2 is 2.31 bits per heavy atom. The van der Waals surface area contributed by atoms with Crippen molar-refractivity contribution in [1.82, 2.24) is 5.32 Å². The number of halogens is 2. The molecule has 0 aromatic carbocycles. The molecule has 0 fully saturated rings. The van der Waals surface area contributed by atoms with Gasteiger partial charge in [0.15, 0.2) is 0 Å². The van der Waals surface area contributed by atoms with E-state index in [1.165, 1.54) is 10.4 Å². The highest BCUT2D eigenvalue weighted by molar-refractivity contribution is 9.10. The molecule has 2 aromatic rings. The van der Waals surface area contributed by atoms with Crippen molar-refractivity contribution in [3.63, 3.8) is 0 Å². The van der Waals surface area contributed by atoms with Crippen LogP contribution in [0.5, 0.6) is 0 Å². The van der Waals surface area contributed by atoms with Gasteiger partial charge in [-0.2, -0.15) is 11.3 Å². The maximum atomic E-state index is 6.20. The Kier molecular flexibility index (Phi) is 4.44. The summed E-state index contributed by atoms with van der Waals surface area (Å²) in [5.74, 6) is 0. The first-order valence-corrected chi connectivity index (χ1v) is 7.91. The summed E-state index contributed by atoms with van der Waals surface area (Å²) in [6.45, 7) is 3.02. The maximum absolute atomic E-state index is 6.20. The van der Waals surface area contributed by atoms with Crippen LogP contribution in [-0.2, 0) is 0 Å². The van der Waals surface area contributed by atoms with Gasteiger partial charge in [-0.3, -0.25) is 0 Å². The van der Waals surface area contributed by atoms with E-state index < -0.39 is 0 Å². The highest BCUT2D eigenvalue weighted by Crippen LogP contribution is 2.37. The monoisotopic (exact) mass is 335 g/mol. The molecule has 0 aliphatic carbocycles. The van der Waals surface area contributed by atoms with Gasteiger partial charge in [0, 0.05) is 14.7 Å². The maximum Gasteiger partial charge on any atom is 0.0705 e. The lowest BCUT2D eigenvalue weighted by molar-refractivity contribution is 0.639. The predicted molar refractivity (Wildman–Crippen MR) is 76.9 cm³/mol. The molecule has 2 heterocycles. The van der Waals surface area contributed by atoms with Gasteiger partial charge in [-0.1, -0.05) is 18.5 Å². The first kappa shape index (κ1) is 12.6. The van der Waals surface area contributed by atoms with Gasteiger partial charge in [-0.15, -0.1) is 11.3 Å². The fourth-order valence-electron chi connectivity index (χ4n) is 1.56. The van der Waals surface area contributed by atoms with Gasteiger partial charge in [-0.05, 0) is 44.9 Å². The van der Waals surface area contributed by atoms with Gasteiger partial charge in [0.25, 0.3) is 0 Å². The first-order chi connectivity index (χ1) is 7.74. The Hall–Kier alpha value is 0.130. The van der Waals surface area contributed by atoms with Crippen LogP contribution in [-0.4, -0.2) is 6.54 Å². The second-order valence-electron chi connectivity index (χ2n) is 3.30. The van der Waals surface area contributed by atoms with E-state index in [2.05, 4.69) is 38.9 Å². The molecule has 1 N–H and O–H groups in total. The predicted octanol–water partition coefficient (Wildman–Crippen LogP) is 4.92. The zero-order valence-corrected chi connectivity index (χ0v) is 12.6. The number of nitrogens with one attached hydrogen (secondary N) is 1. The molecule has 2 aromatic heterocycles. The average molecular weight is 337 g/mol. The largest absolute Gasteiger partial charge is 0.306 e. The van der Waals surface area contributed by atoms with Gasteiger partial charge in [0.1, 0.15) is 0 Å². The van der Waals surface area contributed by atoms with Crippen LogP contribution in [0.3, 0.4) is 0 Å². The van der Waals surface area contributed by atoms with E-state index in [1.54, 1.807) is 22.7 Å². The Balaban J connectivity index is 2.39. The van der Waals surface area contributed by atoms with Crippen LogP contribution in [0.1, 0.15) is 23.4 Å². The normalized spacial score (nSPS) is 12.9. The molecule has 0 radical (unpaired) electrons. The molecular weight excluding hydrogens is 326 g/mol. The molecule has 0 aliphatic heterocycles. The van der Waals surface area contributed by atoms with E-state index in [9.17, 15) is 0 Å². The number of hydrogen-bond donors (Lipinski definition) is 1. The minimum Gasteiger partial charge on any atom is -0.306 e. The second-order valence-corrected chi connectivity index (χ2v) is 6.25. The molecule has 0 spiro atoms. The van der Waals surface area contributed by atoms with Gasteiger partial charge in [-0.25, -0.2) is 0 Å². The molecular formula is C11H11BrClNS2. The third kappa shape index (κ3) is 2.51. The standard InChI is InChI=1S/C11H11BrClNS2/c1-2-14-10(7-5-15-6-8(7)12)11-9(13)3-4-16-11/h3-6,10,14H,2H2,1H3. The SMILES string of the molecule is CCNC(c1cscc1Br)c1sccc1Cl. The highest BCUT2D eigenvalue weighted by Gasteiger charge is 2.20. The van der Waals surface area contributed by atoms with E-state index in [1.807, 2.05) is 11.4 Å². The zero-order chi connectivity index (χ0) is 11.5. The first-order valence-electron chi connectivity index (χ1n) is 4.92. The van der Waals surface area contributed by atoms with Crippen LogP contribution in [0.15, 0.2) is 26.7 Å². The summed E-state index contributed by atoms with van der Waals surface area (Å²) < 4.78 is 1.15. The number of thiophene rings is 2. The van der Waals surface area contributed by atoms with E-state index in [4.69, 9.17) is 11.6 Å². The Bertz CT molecular complexity index is 426. The van der Waals surface area contributed by atoms with Crippen LogP contribution >= 0.6 is 50.2 Å². The van der Waals surface area contributed by atoms with E-state index in [0.717, 1.165) is 16.0 Å². The highest BCUT2D eigenvalue weighted by atomic mass is 79.9. The van der Waals surface area contributed by atoms with Crippen molar-refractivity contribution in [3.05, 3.63) is 42.1 Å². The van der Waals surface area contributed by atoms with E-state index >= 15 is 0 Å². The van der Waals surface area contributed by atoms with Crippen molar-refractivity contribution in [2.75, 3.05) is 6.54 Å². The lowest BCUT2D eigenvalue weighted by atomic mass is 10.1. The van der Waals surface area contributed by atoms with E-state index in [-0.39, 0.29) is 6.04 Å². The van der Waals surface area contributed by atoms with Crippen molar-refractivity contribution in [2.45, 2.75) is 13.0 Å². The van der Waals surface area contributed by atoms with E-state index in [0.29, 0.717) is 0 Å². The molecule has 1 nitrogen and oxygen atoms in total. The van der Waals surface area contributed by atoms with Gasteiger partial charge >= 0.3 is 0 Å². The molecule has 1 unspecified atom stereocenters. The molecule has 86 valence electrons. The topological polar surface area (TPSA) is 12.0 Å². The zero-order valence-electron chi connectivity index (χ0n) is 8.67. The van der Waals surface area contributed by atoms with Crippen molar-refractivity contribution in [3.8, 4) is 0 Å². The fourth-order valence-corrected chi connectivity index (χ4v) is 4.37. The summed E-state index contributed by atoms with van der Waals surface area (Å²) in [6.07, 6.45) is 0. The fraction of sp³-hybridized carbons (Fsp3) is 0.273. The summed E-state index contributed by atoms with van der Waals surface area (Å²) in [4.78, 5) is 1.18. The minimum atomic E-state index is 0.193. The van der Waals surface area contributed by atoms with Crippen molar-refractivity contribution < 1.29 is 0 Å². The average Bonchev–Trinajstić information content (AvgIpc) is 2.84. The Labute approximate surface area is 117 Å². The van der Waals surface area contributed by atoms with Crippen molar-refractivity contribution in [2.24, 2.45) is 0 Å². The third-order valence-corrected chi connectivity index (χ3v) is 5.44. The quantitative estimate of drug-likeness (QED) is 0.835. The van der Waals surface area contributed by atoms with Crippen LogP contribution in [0.2, 0.25) is 5.02 Å². The number of hydrogen-bond acceptors (Lipinski definition) is 3.